The van der Waals surface area contributed by atoms with E-state index in [4.69, 9.17) is 0 Å². The summed E-state index contributed by atoms with van der Waals surface area (Å²) in [6.45, 7) is 2.10. The summed E-state index contributed by atoms with van der Waals surface area (Å²) in [5, 5.41) is 9.95. The lowest BCUT2D eigenvalue weighted by Gasteiger charge is -2.11. The minimum Gasteiger partial charge on any atom is -0.393 e. The van der Waals surface area contributed by atoms with E-state index in [0.717, 1.165) is 12.8 Å². The molecule has 1 nitrogen and oxygen atoms in total. The van der Waals surface area contributed by atoms with E-state index >= 15 is 0 Å². The van der Waals surface area contributed by atoms with Crippen molar-refractivity contribution < 1.29 is 5.11 Å². The smallest absolute Gasteiger partial charge is 0.0574 e. The topological polar surface area (TPSA) is 20.2 Å². The van der Waals surface area contributed by atoms with E-state index in [1.807, 2.05) is 12.1 Å². The number of rotatable bonds is 6. The van der Waals surface area contributed by atoms with Crippen molar-refractivity contribution in [3.63, 3.8) is 0 Å². The molecule has 104 valence electrons. The Labute approximate surface area is 121 Å². The summed E-state index contributed by atoms with van der Waals surface area (Å²) in [5.41, 5.74) is 3.59. The Hall–Kier alpha value is -1.86. The fraction of sp³-hybridized carbons (Fsp3) is 0.263. The van der Waals surface area contributed by atoms with E-state index in [1.54, 1.807) is 0 Å². The van der Waals surface area contributed by atoms with Crippen molar-refractivity contribution in [2.24, 2.45) is 0 Å². The van der Waals surface area contributed by atoms with E-state index in [-0.39, 0.29) is 6.10 Å². The minimum atomic E-state index is -0.248. The van der Waals surface area contributed by atoms with Crippen LogP contribution >= 0.6 is 0 Å². The quantitative estimate of drug-likeness (QED) is 0.805. The van der Waals surface area contributed by atoms with Crippen molar-refractivity contribution in [2.45, 2.75) is 32.3 Å². The lowest BCUT2D eigenvalue weighted by Crippen LogP contribution is -2.04. The molecule has 0 spiro atoms. The zero-order chi connectivity index (χ0) is 14.2. The average molecular weight is 266 g/mol. The molecule has 0 aliphatic heterocycles. The van der Waals surface area contributed by atoms with Gasteiger partial charge in [0.05, 0.1) is 6.10 Å². The van der Waals surface area contributed by atoms with Crippen molar-refractivity contribution in [3.05, 3.63) is 77.9 Å². The minimum absolute atomic E-state index is 0.248. The van der Waals surface area contributed by atoms with Gasteiger partial charge in [-0.25, -0.2) is 0 Å². The standard InChI is InChI=1S/C19H22O/c1-2-9-18(20)14-15-19(16-10-5-3-6-11-16)17-12-7-4-8-13-17/h3-8,10-13,15,18,20H,2,9,14H2,1H3. The summed E-state index contributed by atoms with van der Waals surface area (Å²) >= 11 is 0. The zero-order valence-electron chi connectivity index (χ0n) is 12.0. The maximum absolute atomic E-state index is 9.95. The molecule has 0 bridgehead atoms. The van der Waals surface area contributed by atoms with Crippen LogP contribution in [0.3, 0.4) is 0 Å². The largest absolute Gasteiger partial charge is 0.393 e. The Morgan fingerprint density at radius 1 is 0.950 bits per heavy atom. The first-order valence-electron chi connectivity index (χ1n) is 7.30. The first-order chi connectivity index (χ1) is 9.81. The van der Waals surface area contributed by atoms with Crippen LogP contribution in [0.25, 0.3) is 5.57 Å². The lowest BCUT2D eigenvalue weighted by atomic mass is 9.96. The van der Waals surface area contributed by atoms with Gasteiger partial charge in [0.1, 0.15) is 0 Å². The fourth-order valence-electron chi connectivity index (χ4n) is 2.34. The number of aliphatic hydroxyl groups excluding tert-OH is 1. The Bertz CT molecular complexity index is 487. The molecule has 1 heteroatoms. The summed E-state index contributed by atoms with van der Waals surface area (Å²) in [5.74, 6) is 0. The van der Waals surface area contributed by atoms with Crippen LogP contribution < -0.4 is 0 Å². The number of aliphatic hydroxyl groups is 1. The number of hydrogen-bond acceptors (Lipinski definition) is 1. The second kappa shape index (κ2) is 7.66. The zero-order valence-corrected chi connectivity index (χ0v) is 12.0. The van der Waals surface area contributed by atoms with E-state index in [1.165, 1.54) is 16.7 Å². The van der Waals surface area contributed by atoms with Crippen molar-refractivity contribution in [1.82, 2.24) is 0 Å². The second-order valence-electron chi connectivity index (χ2n) is 5.03. The van der Waals surface area contributed by atoms with Gasteiger partial charge in [-0.3, -0.25) is 0 Å². The predicted molar refractivity (Wildman–Crippen MR) is 85.5 cm³/mol. The normalized spacial score (nSPS) is 11.9. The molecule has 2 aromatic rings. The van der Waals surface area contributed by atoms with Gasteiger partial charge < -0.3 is 5.11 Å². The summed E-state index contributed by atoms with van der Waals surface area (Å²) in [4.78, 5) is 0. The van der Waals surface area contributed by atoms with Crippen LogP contribution in [0, 0.1) is 0 Å². The molecule has 1 atom stereocenters. The predicted octanol–water partition coefficient (Wildman–Crippen LogP) is 4.67. The highest BCUT2D eigenvalue weighted by Gasteiger charge is 2.06. The molecule has 0 aliphatic carbocycles. The van der Waals surface area contributed by atoms with Crippen molar-refractivity contribution in [3.8, 4) is 0 Å². The molecule has 0 aromatic heterocycles. The molecule has 0 saturated heterocycles. The van der Waals surface area contributed by atoms with Gasteiger partial charge in [0.25, 0.3) is 0 Å². The first kappa shape index (κ1) is 14.5. The van der Waals surface area contributed by atoms with Crippen LogP contribution in [-0.2, 0) is 0 Å². The van der Waals surface area contributed by atoms with Crippen molar-refractivity contribution in [2.75, 3.05) is 0 Å². The van der Waals surface area contributed by atoms with E-state index in [2.05, 4.69) is 61.5 Å². The molecule has 0 saturated carbocycles. The first-order valence-corrected chi connectivity index (χ1v) is 7.30. The maximum Gasteiger partial charge on any atom is 0.0574 e. The number of hydrogen-bond donors (Lipinski definition) is 1. The molecule has 0 radical (unpaired) electrons. The Morgan fingerprint density at radius 3 is 1.90 bits per heavy atom. The Kier molecular flexibility index (Phi) is 5.57. The van der Waals surface area contributed by atoms with Crippen molar-refractivity contribution >= 4 is 5.57 Å². The van der Waals surface area contributed by atoms with Crippen LogP contribution in [0.2, 0.25) is 0 Å². The van der Waals surface area contributed by atoms with Gasteiger partial charge in [-0.2, -0.15) is 0 Å². The molecular weight excluding hydrogens is 244 g/mol. The van der Waals surface area contributed by atoms with Crippen LogP contribution in [0.1, 0.15) is 37.3 Å². The molecule has 0 amide bonds. The third-order valence-electron chi connectivity index (χ3n) is 3.39. The van der Waals surface area contributed by atoms with E-state index in [0.29, 0.717) is 6.42 Å². The molecule has 2 rings (SSSR count). The van der Waals surface area contributed by atoms with E-state index in [9.17, 15) is 5.11 Å². The van der Waals surface area contributed by atoms with Crippen LogP contribution in [-0.4, -0.2) is 11.2 Å². The molecule has 1 unspecified atom stereocenters. The Morgan fingerprint density at radius 2 is 1.45 bits per heavy atom. The second-order valence-corrected chi connectivity index (χ2v) is 5.03. The average Bonchev–Trinajstić information content (AvgIpc) is 2.50. The summed E-state index contributed by atoms with van der Waals surface area (Å²) in [6, 6.07) is 20.7. The summed E-state index contributed by atoms with van der Waals surface area (Å²) in [6.07, 6.45) is 4.48. The van der Waals surface area contributed by atoms with Crippen molar-refractivity contribution in [1.29, 1.82) is 0 Å². The highest BCUT2D eigenvalue weighted by molar-refractivity contribution is 5.79. The SMILES string of the molecule is CCCC(O)CC=C(c1ccccc1)c1ccccc1. The van der Waals surface area contributed by atoms with Gasteiger partial charge in [0.2, 0.25) is 0 Å². The van der Waals surface area contributed by atoms with Gasteiger partial charge >= 0.3 is 0 Å². The maximum atomic E-state index is 9.95. The van der Waals surface area contributed by atoms with Gasteiger partial charge in [-0.1, -0.05) is 80.1 Å². The van der Waals surface area contributed by atoms with E-state index < -0.39 is 0 Å². The molecule has 20 heavy (non-hydrogen) atoms. The van der Waals surface area contributed by atoms with Gasteiger partial charge in [-0.05, 0) is 29.5 Å². The van der Waals surface area contributed by atoms with Gasteiger partial charge in [-0.15, -0.1) is 0 Å². The highest BCUT2D eigenvalue weighted by atomic mass is 16.3. The molecule has 0 heterocycles. The summed E-state index contributed by atoms with van der Waals surface area (Å²) < 4.78 is 0. The third-order valence-corrected chi connectivity index (χ3v) is 3.39. The molecule has 1 N–H and O–H groups in total. The van der Waals surface area contributed by atoms with Gasteiger partial charge in [0, 0.05) is 0 Å². The molecule has 2 aromatic carbocycles. The lowest BCUT2D eigenvalue weighted by molar-refractivity contribution is 0.167. The van der Waals surface area contributed by atoms with Crippen LogP contribution in [0.4, 0.5) is 0 Å². The third kappa shape index (κ3) is 4.07. The number of benzene rings is 2. The Balaban J connectivity index is 2.28. The molecular formula is C19H22O. The monoisotopic (exact) mass is 266 g/mol. The van der Waals surface area contributed by atoms with Gasteiger partial charge in [0.15, 0.2) is 0 Å². The molecule has 0 fully saturated rings. The van der Waals surface area contributed by atoms with Crippen LogP contribution in [0.15, 0.2) is 66.7 Å². The van der Waals surface area contributed by atoms with Crippen LogP contribution in [0.5, 0.6) is 0 Å². The fourth-order valence-corrected chi connectivity index (χ4v) is 2.34. The summed E-state index contributed by atoms with van der Waals surface area (Å²) in [7, 11) is 0. The highest BCUT2D eigenvalue weighted by Crippen LogP contribution is 2.24. The molecule has 0 aliphatic rings.